The third kappa shape index (κ3) is 3.72. The predicted octanol–water partition coefficient (Wildman–Crippen LogP) is 3.62. The molecule has 0 atom stereocenters. The summed E-state index contributed by atoms with van der Waals surface area (Å²) in [6, 6.07) is 9.03. The molecule has 1 aromatic carbocycles. The van der Waals surface area contributed by atoms with Crippen molar-refractivity contribution in [1.82, 2.24) is 4.98 Å². The first-order chi connectivity index (χ1) is 10.2. The number of carbonyl (C=O) groups is 1. The molecule has 1 heterocycles. The van der Waals surface area contributed by atoms with Crippen LogP contribution < -0.4 is 14.5 Å². The molecular formula is C15H19N3O2S. The second-order valence-electron chi connectivity index (χ2n) is 4.39. The number of para-hydroxylation sites is 1. The minimum atomic E-state index is -0.420. The number of carbonyl (C=O) groups excluding carboxylic acids is 1. The molecule has 0 fully saturated rings. The Hall–Kier alpha value is -2.08. The van der Waals surface area contributed by atoms with Gasteiger partial charge in [0.1, 0.15) is 10.8 Å². The standard InChI is InChI=1S/C15H19N3O2S/c1-4-18(5-2)14-16-11-13(21-14)17(3)15(19)20-12-9-7-6-8-10-12/h6-11H,4-5H2,1-3H3. The Balaban J connectivity index is 2.06. The van der Waals surface area contributed by atoms with Gasteiger partial charge in [0, 0.05) is 20.1 Å². The minimum Gasteiger partial charge on any atom is -0.410 e. The summed E-state index contributed by atoms with van der Waals surface area (Å²) in [4.78, 5) is 20.1. The number of hydrogen-bond donors (Lipinski definition) is 0. The monoisotopic (exact) mass is 305 g/mol. The number of benzene rings is 1. The van der Waals surface area contributed by atoms with E-state index in [1.165, 1.54) is 16.2 Å². The summed E-state index contributed by atoms with van der Waals surface area (Å²) >= 11 is 1.48. The molecule has 0 spiro atoms. The van der Waals surface area contributed by atoms with Crippen molar-refractivity contribution in [2.45, 2.75) is 13.8 Å². The van der Waals surface area contributed by atoms with Crippen molar-refractivity contribution in [2.75, 3.05) is 29.9 Å². The second-order valence-corrected chi connectivity index (χ2v) is 5.38. The Kier molecular flexibility index (Phi) is 5.16. The topological polar surface area (TPSA) is 45.7 Å². The van der Waals surface area contributed by atoms with Gasteiger partial charge in [0.2, 0.25) is 0 Å². The van der Waals surface area contributed by atoms with E-state index in [1.807, 2.05) is 18.2 Å². The smallest absolute Gasteiger partial charge is 0.410 e. The number of rotatable bonds is 5. The molecule has 21 heavy (non-hydrogen) atoms. The first-order valence-electron chi connectivity index (χ1n) is 6.87. The first kappa shape index (κ1) is 15.3. The van der Waals surface area contributed by atoms with Crippen molar-refractivity contribution in [3.8, 4) is 5.75 Å². The highest BCUT2D eigenvalue weighted by Crippen LogP contribution is 2.29. The zero-order chi connectivity index (χ0) is 15.2. The lowest BCUT2D eigenvalue weighted by atomic mass is 10.3. The number of anilines is 2. The van der Waals surface area contributed by atoms with Crippen molar-refractivity contribution in [2.24, 2.45) is 0 Å². The summed E-state index contributed by atoms with van der Waals surface area (Å²) < 4.78 is 5.31. The SMILES string of the molecule is CCN(CC)c1ncc(N(C)C(=O)Oc2ccccc2)s1. The largest absolute Gasteiger partial charge is 0.420 e. The molecule has 1 aromatic heterocycles. The van der Waals surface area contributed by atoms with E-state index in [9.17, 15) is 4.79 Å². The van der Waals surface area contributed by atoms with E-state index >= 15 is 0 Å². The van der Waals surface area contributed by atoms with Crippen molar-refractivity contribution < 1.29 is 9.53 Å². The van der Waals surface area contributed by atoms with Crippen LogP contribution in [0.2, 0.25) is 0 Å². The van der Waals surface area contributed by atoms with Gasteiger partial charge in [-0.25, -0.2) is 9.78 Å². The zero-order valence-corrected chi connectivity index (χ0v) is 13.3. The van der Waals surface area contributed by atoms with Crippen LogP contribution in [-0.4, -0.2) is 31.2 Å². The molecule has 5 nitrogen and oxygen atoms in total. The molecule has 0 saturated heterocycles. The molecule has 0 aliphatic rings. The first-order valence-corrected chi connectivity index (χ1v) is 7.68. The van der Waals surface area contributed by atoms with Gasteiger partial charge < -0.3 is 9.64 Å². The van der Waals surface area contributed by atoms with E-state index in [4.69, 9.17) is 4.74 Å². The van der Waals surface area contributed by atoms with Crippen LogP contribution in [0.15, 0.2) is 36.5 Å². The summed E-state index contributed by atoms with van der Waals surface area (Å²) in [5.74, 6) is 0.530. The van der Waals surface area contributed by atoms with Crippen LogP contribution in [-0.2, 0) is 0 Å². The molecule has 0 aliphatic heterocycles. The number of amides is 1. The molecule has 0 bridgehead atoms. The van der Waals surface area contributed by atoms with Crippen LogP contribution >= 0.6 is 11.3 Å². The predicted molar refractivity (Wildman–Crippen MR) is 86.5 cm³/mol. The van der Waals surface area contributed by atoms with Crippen LogP contribution in [0, 0.1) is 0 Å². The zero-order valence-electron chi connectivity index (χ0n) is 12.4. The van der Waals surface area contributed by atoms with Crippen molar-refractivity contribution in [1.29, 1.82) is 0 Å². The van der Waals surface area contributed by atoms with Gasteiger partial charge in [-0.05, 0) is 26.0 Å². The highest BCUT2D eigenvalue weighted by molar-refractivity contribution is 7.19. The van der Waals surface area contributed by atoms with Gasteiger partial charge >= 0.3 is 6.09 Å². The molecule has 0 N–H and O–H groups in total. The summed E-state index contributed by atoms with van der Waals surface area (Å²) in [7, 11) is 1.69. The van der Waals surface area contributed by atoms with Crippen LogP contribution in [0.3, 0.4) is 0 Å². The summed E-state index contributed by atoms with van der Waals surface area (Å²) in [6.45, 7) is 5.94. The lowest BCUT2D eigenvalue weighted by molar-refractivity contribution is 0.209. The van der Waals surface area contributed by atoms with Gasteiger partial charge in [0.05, 0.1) is 6.20 Å². The number of ether oxygens (including phenoxy) is 1. The summed E-state index contributed by atoms with van der Waals surface area (Å²) in [6.07, 6.45) is 1.28. The molecule has 6 heteroatoms. The maximum absolute atomic E-state index is 12.1. The minimum absolute atomic E-state index is 0.420. The quantitative estimate of drug-likeness (QED) is 0.846. The van der Waals surface area contributed by atoms with Gasteiger partial charge in [0.25, 0.3) is 0 Å². The van der Waals surface area contributed by atoms with Crippen LogP contribution in [0.25, 0.3) is 0 Å². The van der Waals surface area contributed by atoms with E-state index in [2.05, 4.69) is 23.7 Å². The van der Waals surface area contributed by atoms with Gasteiger partial charge in [-0.1, -0.05) is 29.5 Å². The van der Waals surface area contributed by atoms with Crippen LogP contribution in [0.5, 0.6) is 5.75 Å². The van der Waals surface area contributed by atoms with E-state index < -0.39 is 6.09 Å². The number of hydrogen-bond acceptors (Lipinski definition) is 5. The van der Waals surface area contributed by atoms with Crippen molar-refractivity contribution in [3.63, 3.8) is 0 Å². The van der Waals surface area contributed by atoms with Crippen molar-refractivity contribution in [3.05, 3.63) is 36.5 Å². The highest BCUT2D eigenvalue weighted by atomic mass is 32.1. The van der Waals surface area contributed by atoms with E-state index in [1.54, 1.807) is 25.4 Å². The van der Waals surface area contributed by atoms with Crippen molar-refractivity contribution >= 4 is 27.6 Å². The average molecular weight is 305 g/mol. The summed E-state index contributed by atoms with van der Waals surface area (Å²) in [5.41, 5.74) is 0. The molecule has 0 radical (unpaired) electrons. The highest BCUT2D eigenvalue weighted by Gasteiger charge is 2.17. The Labute approximate surface area is 128 Å². The fourth-order valence-corrected chi connectivity index (χ4v) is 2.80. The fraction of sp³-hybridized carbons (Fsp3) is 0.333. The van der Waals surface area contributed by atoms with E-state index in [0.717, 1.165) is 23.2 Å². The van der Waals surface area contributed by atoms with Gasteiger partial charge in [0.15, 0.2) is 5.13 Å². The number of thiazole rings is 1. The molecule has 1 amide bonds. The number of aromatic nitrogens is 1. The average Bonchev–Trinajstić information content (AvgIpc) is 2.98. The Morgan fingerprint density at radius 1 is 1.24 bits per heavy atom. The molecule has 112 valence electrons. The number of nitrogens with zero attached hydrogens (tertiary/aromatic N) is 3. The second kappa shape index (κ2) is 7.08. The van der Waals surface area contributed by atoms with Gasteiger partial charge in [-0.15, -0.1) is 0 Å². The maximum Gasteiger partial charge on any atom is 0.420 e. The maximum atomic E-state index is 12.1. The molecule has 2 aromatic rings. The van der Waals surface area contributed by atoms with Crippen LogP contribution in [0.1, 0.15) is 13.8 Å². The molecule has 0 aliphatic carbocycles. The lowest BCUT2D eigenvalue weighted by Gasteiger charge is -2.17. The molecule has 0 saturated carbocycles. The third-order valence-corrected chi connectivity index (χ3v) is 4.20. The van der Waals surface area contributed by atoms with E-state index in [0.29, 0.717) is 5.75 Å². The fourth-order valence-electron chi connectivity index (χ4n) is 1.80. The summed E-state index contributed by atoms with van der Waals surface area (Å²) in [5, 5.41) is 1.67. The Morgan fingerprint density at radius 2 is 1.90 bits per heavy atom. The van der Waals surface area contributed by atoms with Crippen LogP contribution in [0.4, 0.5) is 14.9 Å². The molecular weight excluding hydrogens is 286 g/mol. The molecule has 2 rings (SSSR count). The normalized spacial score (nSPS) is 10.2. The third-order valence-electron chi connectivity index (χ3n) is 3.07. The Morgan fingerprint density at radius 3 is 2.52 bits per heavy atom. The Bertz CT molecular complexity index is 582. The van der Waals surface area contributed by atoms with Gasteiger partial charge in [-0.3, -0.25) is 4.90 Å². The van der Waals surface area contributed by atoms with E-state index in [-0.39, 0.29) is 0 Å². The van der Waals surface area contributed by atoms with Gasteiger partial charge in [-0.2, -0.15) is 0 Å². The lowest BCUT2D eigenvalue weighted by Crippen LogP contribution is -2.28. The molecule has 0 unspecified atom stereocenters.